The van der Waals surface area contributed by atoms with Gasteiger partial charge in [-0.15, -0.1) is 6.58 Å². The second-order valence-corrected chi connectivity index (χ2v) is 17.4. The van der Waals surface area contributed by atoms with E-state index in [4.69, 9.17) is 18.5 Å². The third kappa shape index (κ3) is 7.79. The van der Waals surface area contributed by atoms with Gasteiger partial charge in [-0.05, 0) is 72.0 Å². The average Bonchev–Trinajstić information content (AvgIpc) is 2.85. The maximum atomic E-state index is 6.83. The molecule has 0 aromatic rings. The van der Waals surface area contributed by atoms with Crippen LogP contribution < -0.4 is 0 Å². The lowest BCUT2D eigenvalue weighted by Crippen LogP contribution is -2.44. The van der Waals surface area contributed by atoms with Crippen molar-refractivity contribution in [1.29, 1.82) is 0 Å². The maximum Gasteiger partial charge on any atom is 0.487 e. The molecule has 2 aliphatic heterocycles. The third-order valence-electron chi connectivity index (χ3n) is 7.87. The molecule has 0 aliphatic carbocycles. The lowest BCUT2D eigenvalue weighted by atomic mass is 9.86. The SMILES string of the molecule is C=C[C@@H]1CC(=C)C[C@H](C[C@H](/C=C\C/C(C)=C/B2OC(C)(C)C(C)(C)O2)O[Si](C)(C)C(C)(C)C)O1. The highest BCUT2D eigenvalue weighted by molar-refractivity contribution is 6.74. The first kappa shape index (κ1) is 29.3. The van der Waals surface area contributed by atoms with Crippen LogP contribution in [-0.2, 0) is 18.5 Å². The van der Waals surface area contributed by atoms with Gasteiger partial charge in [0.05, 0.1) is 29.5 Å². The number of hydrogen-bond acceptors (Lipinski definition) is 4. The molecule has 2 fully saturated rings. The molecule has 3 atom stereocenters. The van der Waals surface area contributed by atoms with E-state index in [1.54, 1.807) is 0 Å². The second-order valence-electron chi connectivity index (χ2n) is 12.6. The van der Waals surface area contributed by atoms with E-state index in [2.05, 4.69) is 99.8 Å². The Kier molecular flexibility index (Phi) is 9.48. The van der Waals surface area contributed by atoms with Gasteiger partial charge in [0, 0.05) is 6.42 Å². The molecule has 2 aliphatic rings. The van der Waals surface area contributed by atoms with Crippen LogP contribution in [0.1, 0.15) is 81.1 Å². The van der Waals surface area contributed by atoms with Crippen LogP contribution in [0.4, 0.5) is 0 Å². The molecule has 4 nitrogen and oxygen atoms in total. The summed E-state index contributed by atoms with van der Waals surface area (Å²) in [4.78, 5) is 0. The van der Waals surface area contributed by atoms with Crippen LogP contribution in [0.2, 0.25) is 18.1 Å². The Morgan fingerprint density at radius 3 is 2.29 bits per heavy atom. The predicted octanol–water partition coefficient (Wildman–Crippen LogP) is 7.58. The van der Waals surface area contributed by atoms with Gasteiger partial charge in [-0.3, -0.25) is 0 Å². The van der Waals surface area contributed by atoms with Gasteiger partial charge in [0.2, 0.25) is 0 Å². The van der Waals surface area contributed by atoms with Crippen molar-refractivity contribution in [3.8, 4) is 0 Å². The Bertz CT molecular complexity index is 775. The Balaban J connectivity index is 2.09. The van der Waals surface area contributed by atoms with Gasteiger partial charge < -0.3 is 18.5 Å². The fourth-order valence-electron chi connectivity index (χ4n) is 3.95. The molecule has 0 saturated carbocycles. The van der Waals surface area contributed by atoms with Crippen molar-refractivity contribution >= 4 is 15.4 Å². The lowest BCUT2D eigenvalue weighted by Gasteiger charge is -2.40. The number of hydrogen-bond donors (Lipinski definition) is 0. The maximum absolute atomic E-state index is 6.83. The molecule has 0 aromatic carbocycles. The van der Waals surface area contributed by atoms with Crippen molar-refractivity contribution in [3.05, 3.63) is 48.5 Å². The first-order valence-electron chi connectivity index (χ1n) is 12.8. The minimum atomic E-state index is -1.94. The van der Waals surface area contributed by atoms with E-state index in [-0.39, 0.29) is 41.7 Å². The molecule has 192 valence electrons. The summed E-state index contributed by atoms with van der Waals surface area (Å²) in [6, 6.07) is 0. The van der Waals surface area contributed by atoms with Crippen LogP contribution in [0, 0.1) is 0 Å². The van der Waals surface area contributed by atoms with E-state index in [1.165, 1.54) is 11.1 Å². The topological polar surface area (TPSA) is 36.9 Å². The van der Waals surface area contributed by atoms with Crippen LogP contribution >= 0.6 is 0 Å². The molecule has 0 amide bonds. The van der Waals surface area contributed by atoms with Crippen LogP contribution in [0.25, 0.3) is 0 Å². The zero-order valence-electron chi connectivity index (χ0n) is 23.5. The summed E-state index contributed by atoms with van der Waals surface area (Å²) in [5.41, 5.74) is 1.81. The fraction of sp³-hybridized carbons (Fsp3) is 0.714. The second kappa shape index (κ2) is 11.0. The monoisotopic (exact) mass is 488 g/mol. The van der Waals surface area contributed by atoms with Gasteiger partial charge in [-0.1, -0.05) is 62.7 Å². The molecule has 0 N–H and O–H groups in total. The zero-order valence-corrected chi connectivity index (χ0v) is 24.5. The van der Waals surface area contributed by atoms with E-state index in [0.29, 0.717) is 0 Å². The number of rotatable bonds is 9. The largest absolute Gasteiger partial charge is 0.487 e. The van der Waals surface area contributed by atoms with E-state index in [0.717, 1.165) is 25.7 Å². The molecule has 0 radical (unpaired) electrons. The van der Waals surface area contributed by atoms with Crippen LogP contribution in [0.15, 0.2) is 48.5 Å². The van der Waals surface area contributed by atoms with Gasteiger partial charge >= 0.3 is 7.12 Å². The summed E-state index contributed by atoms with van der Waals surface area (Å²) in [7, 11) is -2.25. The molecule has 6 heteroatoms. The first-order chi connectivity index (χ1) is 15.5. The Morgan fingerprint density at radius 2 is 1.76 bits per heavy atom. The quantitative estimate of drug-likeness (QED) is 0.248. The van der Waals surface area contributed by atoms with Crippen molar-refractivity contribution < 1.29 is 18.5 Å². The van der Waals surface area contributed by atoms with Gasteiger partial charge in [-0.2, -0.15) is 0 Å². The molecule has 2 saturated heterocycles. The molecule has 0 spiro atoms. The summed E-state index contributed by atoms with van der Waals surface area (Å²) in [5, 5.41) is 0.145. The molecule has 0 unspecified atom stereocenters. The minimum absolute atomic E-state index is 0.00639. The van der Waals surface area contributed by atoms with E-state index in [9.17, 15) is 0 Å². The molecule has 2 rings (SSSR count). The van der Waals surface area contributed by atoms with Crippen molar-refractivity contribution in [3.63, 3.8) is 0 Å². The summed E-state index contributed by atoms with van der Waals surface area (Å²) in [6.07, 6.45) is 9.90. The van der Waals surface area contributed by atoms with Gasteiger partial charge in [0.15, 0.2) is 8.32 Å². The van der Waals surface area contributed by atoms with Crippen LogP contribution in [0.5, 0.6) is 0 Å². The van der Waals surface area contributed by atoms with Crippen molar-refractivity contribution in [2.45, 2.75) is 129 Å². The molecular weight excluding hydrogens is 439 g/mol. The minimum Gasteiger partial charge on any atom is -0.410 e. The van der Waals surface area contributed by atoms with Gasteiger partial charge in [0.1, 0.15) is 0 Å². The standard InChI is InChI=1S/C28H49BO4Si/c1-13-23-17-22(3)18-25(30-23)19-24(31-34(11,12)26(4,5)6)16-14-15-21(2)20-29-32-27(7,8)28(9,10)33-29/h13-14,16,20,23-25H,1,3,15,17-19H2,2,4-12H3/b16-14-,21-20+/t23-,24+,25-/m1/s1. The summed E-state index contributed by atoms with van der Waals surface area (Å²) in [5.74, 6) is 2.09. The van der Waals surface area contributed by atoms with Crippen molar-refractivity contribution in [1.82, 2.24) is 0 Å². The normalized spacial score (nSPS) is 26.8. The van der Waals surface area contributed by atoms with Gasteiger partial charge in [0.25, 0.3) is 0 Å². The Morgan fingerprint density at radius 1 is 1.18 bits per heavy atom. The molecular formula is C28H49BO4Si. The first-order valence-corrected chi connectivity index (χ1v) is 15.7. The number of ether oxygens (including phenoxy) is 1. The molecule has 2 heterocycles. The smallest absolute Gasteiger partial charge is 0.410 e. The number of allylic oxidation sites excluding steroid dienone is 2. The van der Waals surface area contributed by atoms with Crippen LogP contribution in [0.3, 0.4) is 0 Å². The summed E-state index contributed by atoms with van der Waals surface area (Å²) in [6.45, 7) is 30.1. The van der Waals surface area contributed by atoms with Crippen LogP contribution in [-0.4, -0.2) is 44.9 Å². The summed E-state index contributed by atoms with van der Waals surface area (Å²) < 4.78 is 25.3. The molecule has 0 aromatic heterocycles. The third-order valence-corrected chi connectivity index (χ3v) is 12.4. The van der Waals surface area contributed by atoms with Crippen molar-refractivity contribution in [2.75, 3.05) is 0 Å². The molecule has 0 bridgehead atoms. The Labute approximate surface area is 211 Å². The van der Waals surface area contributed by atoms with E-state index < -0.39 is 8.32 Å². The summed E-state index contributed by atoms with van der Waals surface area (Å²) >= 11 is 0. The van der Waals surface area contributed by atoms with E-state index >= 15 is 0 Å². The fourth-order valence-corrected chi connectivity index (χ4v) is 5.24. The average molecular weight is 489 g/mol. The highest BCUT2D eigenvalue weighted by atomic mass is 28.4. The zero-order chi connectivity index (χ0) is 25.9. The van der Waals surface area contributed by atoms with Crippen molar-refractivity contribution in [2.24, 2.45) is 0 Å². The lowest BCUT2D eigenvalue weighted by molar-refractivity contribution is -0.0237. The molecule has 34 heavy (non-hydrogen) atoms. The van der Waals surface area contributed by atoms with Gasteiger partial charge in [-0.25, -0.2) is 0 Å². The highest BCUT2D eigenvalue weighted by Crippen LogP contribution is 2.39. The van der Waals surface area contributed by atoms with E-state index in [1.807, 2.05) is 6.08 Å². The Hall–Kier alpha value is -0.918. The highest BCUT2D eigenvalue weighted by Gasteiger charge is 2.50. The predicted molar refractivity (Wildman–Crippen MR) is 148 cm³/mol.